The van der Waals surface area contributed by atoms with Crippen molar-refractivity contribution >= 4 is 11.9 Å². The van der Waals surface area contributed by atoms with E-state index in [0.29, 0.717) is 32.0 Å². The largest absolute Gasteiger partial charge is 0.379 e. The second-order valence-corrected chi connectivity index (χ2v) is 7.16. The van der Waals surface area contributed by atoms with E-state index in [9.17, 15) is 4.79 Å². The summed E-state index contributed by atoms with van der Waals surface area (Å²) in [6.45, 7) is 6.05. The maximum Gasteiger partial charge on any atom is 0.272 e. The van der Waals surface area contributed by atoms with Crippen LogP contribution in [0.15, 0.2) is 36.7 Å². The molecule has 0 bridgehead atoms. The van der Waals surface area contributed by atoms with Crippen LogP contribution in [0, 0.1) is 12.3 Å². The van der Waals surface area contributed by atoms with Crippen molar-refractivity contribution in [2.45, 2.75) is 13.3 Å². The van der Waals surface area contributed by atoms with Gasteiger partial charge in [0.05, 0.1) is 13.2 Å². The van der Waals surface area contributed by atoms with E-state index in [4.69, 9.17) is 4.74 Å². The number of aromatic nitrogens is 3. The average molecular weight is 353 g/mol. The molecule has 1 atom stereocenters. The molecule has 0 saturated carbocycles. The number of carbonyl (C=O) groups is 1. The zero-order chi connectivity index (χ0) is 18.0. The highest BCUT2D eigenvalue weighted by Crippen LogP contribution is 2.35. The molecule has 0 unspecified atom stereocenters. The molecule has 0 radical (unpaired) electrons. The van der Waals surface area contributed by atoms with E-state index in [-0.39, 0.29) is 11.3 Å². The van der Waals surface area contributed by atoms with Crippen LogP contribution in [0.25, 0.3) is 0 Å². The van der Waals surface area contributed by atoms with Crippen molar-refractivity contribution in [1.29, 1.82) is 0 Å². The molecule has 0 aromatic carbocycles. The topological polar surface area (TPSA) is 71.5 Å². The number of rotatable bonds is 2. The van der Waals surface area contributed by atoms with E-state index in [1.165, 1.54) is 0 Å². The van der Waals surface area contributed by atoms with E-state index in [2.05, 4.69) is 19.9 Å². The lowest BCUT2D eigenvalue weighted by atomic mass is 9.87. The van der Waals surface area contributed by atoms with Crippen LogP contribution in [0.1, 0.15) is 22.6 Å². The molecule has 1 spiro atoms. The average Bonchev–Trinajstić information content (AvgIpc) is 2.96. The molecule has 7 nitrogen and oxygen atoms in total. The Morgan fingerprint density at radius 2 is 2.00 bits per heavy atom. The summed E-state index contributed by atoms with van der Waals surface area (Å²) in [7, 11) is 0. The smallest absolute Gasteiger partial charge is 0.272 e. The summed E-state index contributed by atoms with van der Waals surface area (Å²) < 4.78 is 5.87. The van der Waals surface area contributed by atoms with Gasteiger partial charge in [-0.2, -0.15) is 0 Å². The molecule has 0 N–H and O–H groups in total. The molecule has 136 valence electrons. The molecule has 2 aliphatic rings. The lowest BCUT2D eigenvalue weighted by Gasteiger charge is -2.31. The van der Waals surface area contributed by atoms with Crippen LogP contribution in [-0.2, 0) is 4.74 Å². The van der Waals surface area contributed by atoms with Gasteiger partial charge in [0.1, 0.15) is 5.69 Å². The molecular formula is C19H23N5O2. The van der Waals surface area contributed by atoms with Crippen LogP contribution in [-0.4, -0.2) is 65.2 Å². The first kappa shape index (κ1) is 16.9. The second kappa shape index (κ2) is 6.99. The Balaban J connectivity index is 1.52. The Kier molecular flexibility index (Phi) is 4.55. The molecule has 2 saturated heterocycles. The van der Waals surface area contributed by atoms with Crippen molar-refractivity contribution in [3.63, 3.8) is 0 Å². The van der Waals surface area contributed by atoms with Crippen molar-refractivity contribution in [2.24, 2.45) is 5.41 Å². The van der Waals surface area contributed by atoms with E-state index < -0.39 is 0 Å². The van der Waals surface area contributed by atoms with Crippen LogP contribution in [0.3, 0.4) is 0 Å². The third-order valence-corrected chi connectivity index (χ3v) is 5.11. The number of aryl methyl sites for hydroxylation is 1. The number of pyridine rings is 1. The third kappa shape index (κ3) is 3.39. The van der Waals surface area contributed by atoms with E-state index in [1.807, 2.05) is 30.0 Å². The number of carbonyl (C=O) groups excluding carboxylic acids is 1. The van der Waals surface area contributed by atoms with Gasteiger partial charge in [-0.05, 0) is 31.5 Å². The number of amides is 1. The number of hydrogen-bond acceptors (Lipinski definition) is 6. The van der Waals surface area contributed by atoms with Gasteiger partial charge in [0.2, 0.25) is 5.95 Å². The Morgan fingerprint density at radius 1 is 1.15 bits per heavy atom. The summed E-state index contributed by atoms with van der Waals surface area (Å²) in [5.74, 6) is 0.722. The van der Waals surface area contributed by atoms with Crippen LogP contribution >= 0.6 is 0 Å². The monoisotopic (exact) mass is 353 g/mol. The highest BCUT2D eigenvalue weighted by Gasteiger charge is 2.43. The van der Waals surface area contributed by atoms with Crippen LogP contribution in [0.2, 0.25) is 0 Å². The standard InChI is InChI=1S/C19H23N5O2/c1-15-4-2-5-16(22-15)17(25)23-10-11-26-14-19(12-23)6-9-24(13-19)18-20-7-3-8-21-18/h2-5,7-8H,6,9-14H2,1H3/t19-/m1/s1. The maximum atomic E-state index is 13.0. The van der Waals surface area contributed by atoms with Gasteiger partial charge in [-0.25, -0.2) is 15.0 Å². The zero-order valence-corrected chi connectivity index (χ0v) is 15.0. The molecule has 0 aliphatic carbocycles. The molecule has 2 fully saturated rings. The molecule has 2 aromatic rings. The first-order chi connectivity index (χ1) is 12.7. The van der Waals surface area contributed by atoms with Crippen LogP contribution < -0.4 is 4.90 Å². The highest BCUT2D eigenvalue weighted by atomic mass is 16.5. The molecule has 4 rings (SSSR count). The fourth-order valence-electron chi connectivity index (χ4n) is 3.80. The predicted octanol–water partition coefficient (Wildman–Crippen LogP) is 1.55. The van der Waals surface area contributed by atoms with Crippen molar-refractivity contribution < 1.29 is 9.53 Å². The lowest BCUT2D eigenvalue weighted by Crippen LogP contribution is -2.43. The number of nitrogens with zero attached hydrogens (tertiary/aromatic N) is 5. The quantitative estimate of drug-likeness (QED) is 0.816. The predicted molar refractivity (Wildman–Crippen MR) is 97.0 cm³/mol. The van der Waals surface area contributed by atoms with Gasteiger partial charge in [-0.15, -0.1) is 0 Å². The minimum atomic E-state index is -0.0881. The summed E-state index contributed by atoms with van der Waals surface area (Å²) in [5, 5.41) is 0. The van der Waals surface area contributed by atoms with Gasteiger partial charge in [0.15, 0.2) is 0 Å². The van der Waals surface area contributed by atoms with Crippen molar-refractivity contribution in [1.82, 2.24) is 19.9 Å². The normalized spacial score (nSPS) is 23.3. The fraction of sp³-hybridized carbons (Fsp3) is 0.474. The van der Waals surface area contributed by atoms with Crippen LogP contribution in [0.4, 0.5) is 5.95 Å². The van der Waals surface area contributed by atoms with Gasteiger partial charge in [-0.1, -0.05) is 6.07 Å². The first-order valence-corrected chi connectivity index (χ1v) is 8.98. The summed E-state index contributed by atoms with van der Waals surface area (Å²) in [6.07, 6.45) is 4.47. The van der Waals surface area contributed by atoms with Gasteiger partial charge in [-0.3, -0.25) is 4.79 Å². The summed E-state index contributed by atoms with van der Waals surface area (Å²) in [4.78, 5) is 30.1. The Morgan fingerprint density at radius 3 is 2.81 bits per heavy atom. The molecule has 2 aromatic heterocycles. The van der Waals surface area contributed by atoms with Crippen molar-refractivity contribution in [3.8, 4) is 0 Å². The van der Waals surface area contributed by atoms with Crippen molar-refractivity contribution in [3.05, 3.63) is 48.0 Å². The SMILES string of the molecule is Cc1cccc(C(=O)N2CCOC[C@]3(CCN(c4ncccn4)C3)C2)n1. The summed E-state index contributed by atoms with van der Waals surface area (Å²) in [5.41, 5.74) is 1.27. The van der Waals surface area contributed by atoms with Gasteiger partial charge in [0, 0.05) is 49.7 Å². The highest BCUT2D eigenvalue weighted by molar-refractivity contribution is 5.92. The van der Waals surface area contributed by atoms with Crippen LogP contribution in [0.5, 0.6) is 0 Å². The van der Waals surface area contributed by atoms with E-state index in [0.717, 1.165) is 31.2 Å². The van der Waals surface area contributed by atoms with E-state index in [1.54, 1.807) is 18.5 Å². The Hall–Kier alpha value is -2.54. The molecule has 2 aliphatic heterocycles. The molecule has 26 heavy (non-hydrogen) atoms. The van der Waals surface area contributed by atoms with E-state index >= 15 is 0 Å². The molecular weight excluding hydrogens is 330 g/mol. The van der Waals surface area contributed by atoms with Gasteiger partial charge < -0.3 is 14.5 Å². The maximum absolute atomic E-state index is 13.0. The number of hydrogen-bond donors (Lipinski definition) is 0. The third-order valence-electron chi connectivity index (χ3n) is 5.11. The summed E-state index contributed by atoms with van der Waals surface area (Å²) in [6, 6.07) is 7.38. The Bertz CT molecular complexity index is 785. The first-order valence-electron chi connectivity index (χ1n) is 8.98. The fourth-order valence-corrected chi connectivity index (χ4v) is 3.80. The molecule has 7 heteroatoms. The number of anilines is 1. The van der Waals surface area contributed by atoms with Crippen molar-refractivity contribution in [2.75, 3.05) is 44.3 Å². The Labute approximate surface area is 153 Å². The number of ether oxygens (including phenoxy) is 1. The minimum Gasteiger partial charge on any atom is -0.379 e. The molecule has 1 amide bonds. The second-order valence-electron chi connectivity index (χ2n) is 7.16. The van der Waals surface area contributed by atoms with Gasteiger partial charge >= 0.3 is 0 Å². The summed E-state index contributed by atoms with van der Waals surface area (Å²) >= 11 is 0. The minimum absolute atomic E-state index is 0.0204. The molecule has 4 heterocycles. The lowest BCUT2D eigenvalue weighted by molar-refractivity contribution is 0.0685. The zero-order valence-electron chi connectivity index (χ0n) is 15.0. The van der Waals surface area contributed by atoms with Gasteiger partial charge in [0.25, 0.3) is 5.91 Å².